The summed E-state index contributed by atoms with van der Waals surface area (Å²) >= 11 is 1.67. The maximum absolute atomic E-state index is 12.7. The Bertz CT molecular complexity index is 1150. The molecule has 5 rings (SSSR count). The average molecular weight is 427 g/mol. The monoisotopic (exact) mass is 427 g/mol. The fourth-order valence-corrected chi connectivity index (χ4v) is 5.45. The van der Waals surface area contributed by atoms with Crippen molar-refractivity contribution in [3.05, 3.63) is 49.1 Å². The SMILES string of the molecule is O=c1[nH]c(CN2CCN(c3ncc([N+](=O)[O-])cn3)CC2)nc2sc3c(c12)CCCC3. The second kappa shape index (κ2) is 7.73. The molecular weight excluding hydrogens is 406 g/mol. The molecule has 4 heterocycles. The van der Waals surface area contributed by atoms with Crippen LogP contribution in [0.3, 0.4) is 0 Å². The summed E-state index contributed by atoms with van der Waals surface area (Å²) in [5.41, 5.74) is 1.07. The van der Waals surface area contributed by atoms with E-state index < -0.39 is 4.92 Å². The van der Waals surface area contributed by atoms with Gasteiger partial charge in [0, 0.05) is 31.1 Å². The number of fused-ring (bicyclic) bond motifs is 3. The molecule has 30 heavy (non-hydrogen) atoms. The second-order valence-electron chi connectivity index (χ2n) is 7.67. The minimum atomic E-state index is -0.504. The van der Waals surface area contributed by atoms with Crippen LogP contribution in [-0.4, -0.2) is 55.9 Å². The average Bonchev–Trinajstić information content (AvgIpc) is 3.13. The molecule has 1 N–H and O–H groups in total. The summed E-state index contributed by atoms with van der Waals surface area (Å²) in [4.78, 5) is 45.3. The van der Waals surface area contributed by atoms with Crippen LogP contribution in [0.15, 0.2) is 17.2 Å². The first-order valence-corrected chi connectivity index (χ1v) is 10.9. The van der Waals surface area contributed by atoms with E-state index in [9.17, 15) is 14.9 Å². The lowest BCUT2D eigenvalue weighted by Crippen LogP contribution is -2.46. The summed E-state index contributed by atoms with van der Waals surface area (Å²) in [7, 11) is 0. The summed E-state index contributed by atoms with van der Waals surface area (Å²) in [6, 6.07) is 0. The van der Waals surface area contributed by atoms with Gasteiger partial charge in [-0.3, -0.25) is 19.8 Å². The van der Waals surface area contributed by atoms with Crippen LogP contribution in [-0.2, 0) is 19.4 Å². The van der Waals surface area contributed by atoms with E-state index in [4.69, 9.17) is 4.98 Å². The zero-order chi connectivity index (χ0) is 20.7. The summed E-state index contributed by atoms with van der Waals surface area (Å²) in [5.74, 6) is 1.20. The van der Waals surface area contributed by atoms with Gasteiger partial charge in [0.1, 0.15) is 23.0 Å². The van der Waals surface area contributed by atoms with Crippen molar-refractivity contribution in [1.29, 1.82) is 0 Å². The molecule has 0 saturated carbocycles. The predicted octanol–water partition coefficient (Wildman–Crippen LogP) is 1.88. The summed E-state index contributed by atoms with van der Waals surface area (Å²) in [6.45, 7) is 3.53. The molecule has 3 aromatic heterocycles. The van der Waals surface area contributed by atoms with E-state index >= 15 is 0 Å². The van der Waals surface area contributed by atoms with Crippen LogP contribution in [0.2, 0.25) is 0 Å². The summed E-state index contributed by atoms with van der Waals surface area (Å²) in [6.07, 6.45) is 6.83. The molecule has 1 aliphatic heterocycles. The summed E-state index contributed by atoms with van der Waals surface area (Å²) in [5, 5.41) is 11.5. The number of nitro groups is 1. The van der Waals surface area contributed by atoms with Crippen LogP contribution in [0.1, 0.15) is 29.1 Å². The smallest absolute Gasteiger partial charge is 0.305 e. The largest absolute Gasteiger partial charge is 0.338 e. The van der Waals surface area contributed by atoms with E-state index in [0.717, 1.165) is 42.6 Å². The Balaban J connectivity index is 1.27. The van der Waals surface area contributed by atoms with Crippen LogP contribution in [0.4, 0.5) is 11.6 Å². The minimum Gasteiger partial charge on any atom is -0.338 e. The van der Waals surface area contributed by atoms with Gasteiger partial charge in [-0.2, -0.15) is 0 Å². The molecule has 0 amide bonds. The number of hydrogen-bond acceptors (Lipinski definition) is 9. The molecule has 2 aliphatic rings. The van der Waals surface area contributed by atoms with E-state index in [2.05, 4.69) is 19.9 Å². The third-order valence-electron chi connectivity index (χ3n) is 5.74. The van der Waals surface area contributed by atoms with E-state index in [0.29, 0.717) is 31.4 Å². The van der Waals surface area contributed by atoms with Crippen LogP contribution in [0.25, 0.3) is 10.2 Å². The van der Waals surface area contributed by atoms with E-state index in [-0.39, 0.29) is 11.2 Å². The number of H-pyrrole nitrogens is 1. The summed E-state index contributed by atoms with van der Waals surface area (Å²) < 4.78 is 0. The van der Waals surface area contributed by atoms with Gasteiger partial charge in [0.05, 0.1) is 16.9 Å². The Morgan fingerprint density at radius 1 is 1.13 bits per heavy atom. The van der Waals surface area contributed by atoms with Crippen LogP contribution >= 0.6 is 11.3 Å². The zero-order valence-electron chi connectivity index (χ0n) is 16.3. The highest BCUT2D eigenvalue weighted by atomic mass is 32.1. The van der Waals surface area contributed by atoms with E-state index in [1.165, 1.54) is 29.3 Å². The second-order valence-corrected chi connectivity index (χ2v) is 8.75. The lowest BCUT2D eigenvalue weighted by atomic mass is 9.97. The van der Waals surface area contributed by atoms with Gasteiger partial charge in [0.2, 0.25) is 5.95 Å². The molecule has 0 aromatic carbocycles. The predicted molar refractivity (Wildman–Crippen MR) is 113 cm³/mol. The van der Waals surface area contributed by atoms with Gasteiger partial charge in [-0.1, -0.05) is 0 Å². The highest BCUT2D eigenvalue weighted by molar-refractivity contribution is 7.18. The molecule has 11 heteroatoms. The van der Waals surface area contributed by atoms with Crippen molar-refractivity contribution < 1.29 is 4.92 Å². The van der Waals surface area contributed by atoms with Gasteiger partial charge in [-0.15, -0.1) is 11.3 Å². The number of aromatic amines is 1. The zero-order valence-corrected chi connectivity index (χ0v) is 17.2. The first-order valence-electron chi connectivity index (χ1n) is 10.1. The highest BCUT2D eigenvalue weighted by Crippen LogP contribution is 2.33. The molecule has 1 aliphatic carbocycles. The number of aryl methyl sites for hydroxylation is 2. The van der Waals surface area contributed by atoms with Crippen LogP contribution in [0.5, 0.6) is 0 Å². The van der Waals surface area contributed by atoms with Crippen LogP contribution in [0, 0.1) is 10.1 Å². The van der Waals surface area contributed by atoms with Crippen molar-refractivity contribution in [2.75, 3.05) is 31.1 Å². The third-order valence-corrected chi connectivity index (χ3v) is 6.92. The number of aromatic nitrogens is 4. The third kappa shape index (κ3) is 3.54. The molecule has 3 aromatic rings. The Kier molecular flexibility index (Phi) is 4.91. The number of rotatable bonds is 4. The molecule has 0 bridgehead atoms. The Morgan fingerprint density at radius 2 is 1.87 bits per heavy atom. The molecule has 1 fully saturated rings. The van der Waals surface area contributed by atoms with Gasteiger partial charge in [-0.05, 0) is 31.2 Å². The quantitative estimate of drug-likeness (QED) is 0.495. The van der Waals surface area contributed by atoms with Crippen LogP contribution < -0.4 is 10.5 Å². The molecule has 0 radical (unpaired) electrons. The number of anilines is 1. The van der Waals surface area contributed by atoms with E-state index in [1.807, 2.05) is 4.90 Å². The number of hydrogen-bond donors (Lipinski definition) is 1. The lowest BCUT2D eigenvalue weighted by molar-refractivity contribution is -0.385. The number of thiophene rings is 1. The van der Waals surface area contributed by atoms with Crippen molar-refractivity contribution in [3.63, 3.8) is 0 Å². The fourth-order valence-electron chi connectivity index (χ4n) is 4.17. The molecule has 156 valence electrons. The number of piperazine rings is 1. The maximum Gasteiger partial charge on any atom is 0.305 e. The Hall–Kier alpha value is -2.92. The van der Waals surface area contributed by atoms with Crippen molar-refractivity contribution >= 4 is 33.2 Å². The number of nitrogens with one attached hydrogen (secondary N) is 1. The minimum absolute atomic E-state index is 0.0210. The fraction of sp³-hybridized carbons (Fsp3) is 0.474. The first kappa shape index (κ1) is 19.1. The van der Waals surface area contributed by atoms with Gasteiger partial charge < -0.3 is 9.88 Å². The van der Waals surface area contributed by atoms with Crippen molar-refractivity contribution in [2.24, 2.45) is 0 Å². The van der Waals surface area contributed by atoms with Gasteiger partial charge >= 0.3 is 5.69 Å². The first-order chi connectivity index (χ1) is 14.6. The number of nitrogens with zero attached hydrogens (tertiary/aromatic N) is 6. The van der Waals surface area contributed by atoms with Crippen molar-refractivity contribution in [2.45, 2.75) is 32.2 Å². The van der Waals surface area contributed by atoms with Crippen molar-refractivity contribution in [3.8, 4) is 0 Å². The maximum atomic E-state index is 12.7. The molecule has 0 atom stereocenters. The molecule has 0 spiro atoms. The lowest BCUT2D eigenvalue weighted by Gasteiger charge is -2.34. The molecule has 0 unspecified atom stereocenters. The Labute approximate surface area is 175 Å². The topological polar surface area (TPSA) is 121 Å². The standard InChI is InChI=1S/C19H21N7O3S/c27-17-16-13-3-1-2-4-14(13)30-18(16)23-15(22-17)11-24-5-7-25(8-6-24)19-20-9-12(10-21-19)26(28)29/h9-10H,1-8,11H2,(H,22,23,27). The molecular formula is C19H21N7O3S. The van der Waals surface area contributed by atoms with E-state index in [1.54, 1.807) is 11.3 Å². The molecule has 10 nitrogen and oxygen atoms in total. The Morgan fingerprint density at radius 3 is 2.60 bits per heavy atom. The van der Waals surface area contributed by atoms with Gasteiger partial charge in [-0.25, -0.2) is 15.0 Å². The van der Waals surface area contributed by atoms with Gasteiger partial charge in [0.15, 0.2) is 0 Å². The molecule has 1 saturated heterocycles. The van der Waals surface area contributed by atoms with Gasteiger partial charge in [0.25, 0.3) is 5.56 Å². The normalized spacial score (nSPS) is 17.3. The highest BCUT2D eigenvalue weighted by Gasteiger charge is 2.23. The van der Waals surface area contributed by atoms with Crippen molar-refractivity contribution in [1.82, 2.24) is 24.8 Å².